The standard InChI is InChI=1S/C20H27NO3/c1-6-14(3)24-18-13-12-17(15-10-8-9-11-16(15)18)21-19(22)20(4,7-2)23-5/h8-14H,6-7H2,1-5H3,(H,21,22)/t14-,20+/m0/s1. The van der Waals surface area contributed by atoms with Crippen LogP contribution in [0.4, 0.5) is 5.69 Å². The Morgan fingerprint density at radius 2 is 1.83 bits per heavy atom. The summed E-state index contributed by atoms with van der Waals surface area (Å²) in [5, 5.41) is 4.95. The summed E-state index contributed by atoms with van der Waals surface area (Å²) in [5.74, 6) is 0.691. The summed E-state index contributed by atoms with van der Waals surface area (Å²) < 4.78 is 11.4. The molecule has 0 aliphatic rings. The van der Waals surface area contributed by atoms with Gasteiger partial charge in [-0.3, -0.25) is 4.79 Å². The third kappa shape index (κ3) is 3.70. The highest BCUT2D eigenvalue weighted by Crippen LogP contribution is 2.33. The number of fused-ring (bicyclic) bond motifs is 1. The van der Waals surface area contributed by atoms with Gasteiger partial charge in [-0.05, 0) is 38.8 Å². The molecule has 4 nitrogen and oxygen atoms in total. The lowest BCUT2D eigenvalue weighted by atomic mass is 10.0. The van der Waals surface area contributed by atoms with Gasteiger partial charge in [-0.2, -0.15) is 0 Å². The average molecular weight is 329 g/mol. The molecule has 2 rings (SSSR count). The van der Waals surface area contributed by atoms with E-state index in [-0.39, 0.29) is 12.0 Å². The Bertz CT molecular complexity index is 707. The normalized spacial score (nSPS) is 14.9. The number of hydrogen-bond acceptors (Lipinski definition) is 3. The lowest BCUT2D eigenvalue weighted by Crippen LogP contribution is -2.41. The highest BCUT2D eigenvalue weighted by Gasteiger charge is 2.31. The molecule has 0 fully saturated rings. The smallest absolute Gasteiger partial charge is 0.256 e. The van der Waals surface area contributed by atoms with Gasteiger partial charge in [0.25, 0.3) is 5.91 Å². The summed E-state index contributed by atoms with van der Waals surface area (Å²) >= 11 is 0. The van der Waals surface area contributed by atoms with E-state index < -0.39 is 5.60 Å². The van der Waals surface area contributed by atoms with E-state index in [0.717, 1.165) is 28.6 Å². The topological polar surface area (TPSA) is 47.6 Å². The minimum atomic E-state index is -0.840. The molecule has 1 amide bonds. The van der Waals surface area contributed by atoms with Gasteiger partial charge in [0.05, 0.1) is 6.10 Å². The maximum Gasteiger partial charge on any atom is 0.256 e. The first kappa shape index (κ1) is 18.3. The van der Waals surface area contributed by atoms with Crippen molar-refractivity contribution in [3.05, 3.63) is 36.4 Å². The van der Waals surface area contributed by atoms with Gasteiger partial charge < -0.3 is 14.8 Å². The predicted octanol–water partition coefficient (Wildman–Crippen LogP) is 4.77. The van der Waals surface area contributed by atoms with Crippen LogP contribution >= 0.6 is 0 Å². The first-order valence-electron chi connectivity index (χ1n) is 8.50. The number of anilines is 1. The van der Waals surface area contributed by atoms with Crippen molar-refractivity contribution in [3.63, 3.8) is 0 Å². The van der Waals surface area contributed by atoms with Crippen LogP contribution in [0.2, 0.25) is 0 Å². The van der Waals surface area contributed by atoms with Crippen LogP contribution in [0.3, 0.4) is 0 Å². The molecular formula is C20H27NO3. The summed E-state index contributed by atoms with van der Waals surface area (Å²) in [6.07, 6.45) is 1.68. The quantitative estimate of drug-likeness (QED) is 0.796. The van der Waals surface area contributed by atoms with Gasteiger partial charge >= 0.3 is 0 Å². The Morgan fingerprint density at radius 3 is 2.42 bits per heavy atom. The van der Waals surface area contributed by atoms with Crippen LogP contribution in [0.5, 0.6) is 5.75 Å². The van der Waals surface area contributed by atoms with Crippen LogP contribution in [-0.2, 0) is 9.53 Å². The zero-order valence-electron chi connectivity index (χ0n) is 15.2. The third-order valence-corrected chi connectivity index (χ3v) is 4.64. The second-order valence-corrected chi connectivity index (χ2v) is 6.24. The first-order valence-corrected chi connectivity index (χ1v) is 8.50. The summed E-state index contributed by atoms with van der Waals surface area (Å²) in [5.41, 5.74) is -0.0728. The Balaban J connectivity index is 2.39. The number of hydrogen-bond donors (Lipinski definition) is 1. The molecule has 2 atom stereocenters. The van der Waals surface area contributed by atoms with Gasteiger partial charge in [0.2, 0.25) is 0 Å². The van der Waals surface area contributed by atoms with Crippen LogP contribution in [-0.4, -0.2) is 24.7 Å². The van der Waals surface area contributed by atoms with Crippen molar-refractivity contribution in [2.75, 3.05) is 12.4 Å². The maximum atomic E-state index is 12.6. The van der Waals surface area contributed by atoms with Crippen LogP contribution in [0, 0.1) is 0 Å². The number of carbonyl (C=O) groups excluding carboxylic acids is 1. The van der Waals surface area contributed by atoms with Crippen molar-refractivity contribution in [2.45, 2.75) is 52.2 Å². The molecule has 0 saturated carbocycles. The first-order chi connectivity index (χ1) is 11.4. The van der Waals surface area contributed by atoms with E-state index in [4.69, 9.17) is 9.47 Å². The molecule has 2 aromatic carbocycles. The van der Waals surface area contributed by atoms with Gasteiger partial charge in [-0.25, -0.2) is 0 Å². The Kier molecular flexibility index (Phi) is 5.84. The Morgan fingerprint density at radius 1 is 1.17 bits per heavy atom. The molecule has 4 heteroatoms. The van der Waals surface area contributed by atoms with Crippen molar-refractivity contribution in [3.8, 4) is 5.75 Å². The van der Waals surface area contributed by atoms with Crippen LogP contribution in [0.1, 0.15) is 40.5 Å². The SMILES string of the molecule is CC[C@H](C)Oc1ccc(NC(=O)[C@@](C)(CC)OC)c2ccccc12. The number of benzene rings is 2. The zero-order chi connectivity index (χ0) is 17.7. The second-order valence-electron chi connectivity index (χ2n) is 6.24. The van der Waals surface area contributed by atoms with Crippen LogP contribution in [0.15, 0.2) is 36.4 Å². The highest BCUT2D eigenvalue weighted by atomic mass is 16.5. The molecule has 24 heavy (non-hydrogen) atoms. The fourth-order valence-corrected chi connectivity index (χ4v) is 2.44. The number of methoxy groups -OCH3 is 1. The summed E-state index contributed by atoms with van der Waals surface area (Å²) in [6, 6.07) is 11.7. The lowest BCUT2D eigenvalue weighted by Gasteiger charge is -2.25. The second kappa shape index (κ2) is 7.67. The van der Waals surface area contributed by atoms with E-state index in [1.165, 1.54) is 0 Å². The lowest BCUT2D eigenvalue weighted by molar-refractivity contribution is -0.136. The number of amides is 1. The molecule has 130 valence electrons. The van der Waals surface area contributed by atoms with Gasteiger partial charge in [0.1, 0.15) is 11.4 Å². The van der Waals surface area contributed by atoms with Crippen molar-refractivity contribution in [1.82, 2.24) is 0 Å². The van der Waals surface area contributed by atoms with Crippen molar-refractivity contribution in [2.24, 2.45) is 0 Å². The molecule has 0 radical (unpaired) electrons. The highest BCUT2D eigenvalue weighted by molar-refractivity contribution is 6.06. The number of rotatable bonds is 7. The van der Waals surface area contributed by atoms with Crippen LogP contribution < -0.4 is 10.1 Å². The fraction of sp³-hybridized carbons (Fsp3) is 0.450. The molecule has 0 aliphatic heterocycles. The van der Waals surface area contributed by atoms with E-state index in [2.05, 4.69) is 19.2 Å². The Labute approximate surface area is 144 Å². The molecule has 0 aliphatic carbocycles. The van der Waals surface area contributed by atoms with Crippen LogP contribution in [0.25, 0.3) is 10.8 Å². The van der Waals surface area contributed by atoms with Gasteiger partial charge in [-0.1, -0.05) is 38.1 Å². The molecule has 1 N–H and O–H groups in total. The van der Waals surface area contributed by atoms with E-state index in [1.807, 2.05) is 43.3 Å². The third-order valence-electron chi connectivity index (χ3n) is 4.64. The molecule has 0 unspecified atom stereocenters. The fourth-order valence-electron chi connectivity index (χ4n) is 2.44. The summed E-state index contributed by atoms with van der Waals surface area (Å²) in [6.45, 7) is 7.88. The van der Waals surface area contributed by atoms with Gasteiger partial charge in [0, 0.05) is 23.6 Å². The summed E-state index contributed by atoms with van der Waals surface area (Å²) in [4.78, 5) is 12.6. The molecule has 0 aromatic heterocycles. The average Bonchev–Trinajstić information content (AvgIpc) is 2.62. The molecule has 0 heterocycles. The van der Waals surface area contributed by atoms with E-state index in [0.29, 0.717) is 6.42 Å². The maximum absolute atomic E-state index is 12.6. The summed E-state index contributed by atoms with van der Waals surface area (Å²) in [7, 11) is 1.56. The minimum Gasteiger partial charge on any atom is -0.490 e. The minimum absolute atomic E-state index is 0.144. The van der Waals surface area contributed by atoms with E-state index in [1.54, 1.807) is 14.0 Å². The zero-order valence-corrected chi connectivity index (χ0v) is 15.2. The largest absolute Gasteiger partial charge is 0.490 e. The number of carbonyl (C=O) groups is 1. The van der Waals surface area contributed by atoms with Crippen molar-refractivity contribution < 1.29 is 14.3 Å². The molecule has 0 bridgehead atoms. The molecule has 2 aromatic rings. The number of ether oxygens (including phenoxy) is 2. The van der Waals surface area contributed by atoms with Crippen molar-refractivity contribution >= 4 is 22.4 Å². The van der Waals surface area contributed by atoms with E-state index >= 15 is 0 Å². The predicted molar refractivity (Wildman–Crippen MR) is 98.7 cm³/mol. The Hall–Kier alpha value is -2.07. The van der Waals surface area contributed by atoms with Gasteiger partial charge in [0.15, 0.2) is 0 Å². The van der Waals surface area contributed by atoms with Crippen molar-refractivity contribution in [1.29, 1.82) is 0 Å². The molecular weight excluding hydrogens is 302 g/mol. The number of nitrogens with one attached hydrogen (secondary N) is 1. The molecule has 0 spiro atoms. The molecule has 0 saturated heterocycles. The van der Waals surface area contributed by atoms with E-state index in [9.17, 15) is 4.79 Å². The van der Waals surface area contributed by atoms with Gasteiger partial charge in [-0.15, -0.1) is 0 Å². The monoisotopic (exact) mass is 329 g/mol.